The molecule has 0 unspecified atom stereocenters. The van der Waals surface area contributed by atoms with E-state index < -0.39 is 0 Å². The molecule has 4 rings (SSSR count). The Bertz CT molecular complexity index is 1140. The Labute approximate surface area is 225 Å². The van der Waals surface area contributed by atoms with Crippen molar-refractivity contribution in [2.24, 2.45) is 0 Å². The second-order valence-electron chi connectivity index (χ2n) is 9.00. The lowest BCUT2D eigenvalue weighted by molar-refractivity contribution is -0.119. The molecule has 2 N–H and O–H groups in total. The van der Waals surface area contributed by atoms with Crippen molar-refractivity contribution in [3.05, 3.63) is 65.2 Å². The van der Waals surface area contributed by atoms with E-state index in [1.54, 1.807) is 17.8 Å². The number of rotatable bonds is 9. The molecule has 0 saturated heterocycles. The number of thioether (sulfide) groups is 2. The Balaban J connectivity index is 1.28. The van der Waals surface area contributed by atoms with Gasteiger partial charge in [-0.25, -0.2) is 0 Å². The average Bonchev–Trinajstić information content (AvgIpc) is 3.31. The monoisotopic (exact) mass is 540 g/mol. The van der Waals surface area contributed by atoms with Crippen LogP contribution in [0.1, 0.15) is 66.4 Å². The largest absolute Gasteiger partial charge is 0.353 e. The Morgan fingerprint density at radius 1 is 0.944 bits per heavy atom. The Hall–Kier alpha value is -2.36. The summed E-state index contributed by atoms with van der Waals surface area (Å²) in [5, 5.41) is 14.9. The summed E-state index contributed by atoms with van der Waals surface area (Å²) < 4.78 is 0.805. The highest BCUT2D eigenvalue weighted by Crippen LogP contribution is 2.29. The van der Waals surface area contributed by atoms with E-state index in [-0.39, 0.29) is 17.9 Å². The van der Waals surface area contributed by atoms with Gasteiger partial charge in [0.15, 0.2) is 4.34 Å². The first-order chi connectivity index (χ1) is 17.6. The fourth-order valence-electron chi connectivity index (χ4n) is 4.11. The summed E-state index contributed by atoms with van der Waals surface area (Å²) in [6.45, 7) is 2.07. The number of hydrogen-bond acceptors (Lipinski definition) is 7. The van der Waals surface area contributed by atoms with E-state index in [0.717, 1.165) is 27.8 Å². The highest BCUT2D eigenvalue weighted by molar-refractivity contribution is 8.00. The molecule has 9 heteroatoms. The van der Waals surface area contributed by atoms with Crippen molar-refractivity contribution in [3.63, 3.8) is 0 Å². The van der Waals surface area contributed by atoms with Crippen molar-refractivity contribution in [2.45, 2.75) is 72.9 Å². The SMILES string of the molecule is Cc1ccc(CSc2nnc(NC(=O)c3ccccc3SCC(=O)NC3CCCCCCC3)s2)cc1. The number of nitrogens with zero attached hydrogens (tertiary/aromatic N) is 2. The number of hydrogen-bond donors (Lipinski definition) is 2. The highest BCUT2D eigenvalue weighted by Gasteiger charge is 2.17. The van der Waals surface area contributed by atoms with Gasteiger partial charge in [-0.3, -0.25) is 14.9 Å². The standard InChI is InChI=1S/C27H32N4O2S3/c1-19-13-15-20(16-14-19)17-35-27-31-30-26(36-27)29-25(33)22-11-7-8-12-23(22)34-18-24(32)28-21-9-5-3-2-4-6-10-21/h7-8,11-16,21H,2-6,9-10,17-18H2,1H3,(H,28,32)(H,29,30,33). The number of nitrogens with one attached hydrogen (secondary N) is 2. The van der Waals surface area contributed by atoms with E-state index in [1.165, 1.54) is 66.3 Å². The third kappa shape index (κ3) is 8.35. The zero-order valence-corrected chi connectivity index (χ0v) is 22.9. The van der Waals surface area contributed by atoms with E-state index in [4.69, 9.17) is 0 Å². The van der Waals surface area contributed by atoms with Gasteiger partial charge in [0.25, 0.3) is 5.91 Å². The fraction of sp³-hybridized carbons (Fsp3) is 0.407. The maximum absolute atomic E-state index is 13.0. The van der Waals surface area contributed by atoms with Crippen molar-refractivity contribution in [1.82, 2.24) is 15.5 Å². The first kappa shape index (κ1) is 26.7. The maximum atomic E-state index is 13.0. The van der Waals surface area contributed by atoms with Crippen molar-refractivity contribution in [1.29, 1.82) is 0 Å². The number of carbonyl (C=O) groups excluding carboxylic acids is 2. The van der Waals surface area contributed by atoms with Crippen molar-refractivity contribution >= 4 is 51.8 Å². The van der Waals surface area contributed by atoms with Crippen LogP contribution in [0.3, 0.4) is 0 Å². The minimum Gasteiger partial charge on any atom is -0.353 e. The average molecular weight is 541 g/mol. The highest BCUT2D eigenvalue weighted by atomic mass is 32.2. The summed E-state index contributed by atoms with van der Waals surface area (Å²) in [7, 11) is 0. The summed E-state index contributed by atoms with van der Waals surface area (Å²) in [6, 6.07) is 16.1. The molecule has 1 aromatic heterocycles. The molecule has 1 saturated carbocycles. The van der Waals surface area contributed by atoms with Gasteiger partial charge in [-0.2, -0.15) is 0 Å². The van der Waals surface area contributed by atoms with Crippen LogP contribution >= 0.6 is 34.9 Å². The lowest BCUT2D eigenvalue weighted by Gasteiger charge is -2.21. The first-order valence-electron chi connectivity index (χ1n) is 12.4. The molecule has 0 spiro atoms. The number of benzene rings is 2. The second kappa shape index (κ2) is 13.8. The van der Waals surface area contributed by atoms with Gasteiger partial charge in [0.2, 0.25) is 11.0 Å². The number of amides is 2. The van der Waals surface area contributed by atoms with E-state index in [2.05, 4.69) is 52.0 Å². The third-order valence-corrected chi connectivity index (χ3v) is 9.19. The van der Waals surface area contributed by atoms with Crippen LogP contribution in [-0.4, -0.2) is 33.8 Å². The summed E-state index contributed by atoms with van der Waals surface area (Å²) >= 11 is 4.36. The first-order valence-corrected chi connectivity index (χ1v) is 15.2. The summed E-state index contributed by atoms with van der Waals surface area (Å²) in [6.07, 6.45) is 8.29. The molecular formula is C27H32N4O2S3. The number of carbonyl (C=O) groups is 2. The lowest BCUT2D eigenvalue weighted by Crippen LogP contribution is -2.36. The van der Waals surface area contributed by atoms with Crippen LogP contribution in [0.15, 0.2) is 57.8 Å². The van der Waals surface area contributed by atoms with E-state index in [1.807, 2.05) is 18.2 Å². The molecule has 1 heterocycles. The smallest absolute Gasteiger partial charge is 0.258 e. The molecule has 3 aromatic rings. The Morgan fingerprint density at radius 3 is 2.44 bits per heavy atom. The molecule has 2 aromatic carbocycles. The molecule has 190 valence electrons. The van der Waals surface area contributed by atoms with Gasteiger partial charge in [-0.15, -0.1) is 22.0 Å². The van der Waals surface area contributed by atoms with Crippen LogP contribution in [0, 0.1) is 6.92 Å². The van der Waals surface area contributed by atoms with Crippen molar-refractivity contribution in [2.75, 3.05) is 11.1 Å². The van der Waals surface area contributed by atoms with Gasteiger partial charge in [0, 0.05) is 16.7 Å². The van der Waals surface area contributed by atoms with Crippen LogP contribution in [0.5, 0.6) is 0 Å². The van der Waals surface area contributed by atoms with Crippen molar-refractivity contribution < 1.29 is 9.59 Å². The second-order valence-corrected chi connectivity index (χ2v) is 12.2. The normalized spacial score (nSPS) is 14.6. The van der Waals surface area contributed by atoms with Gasteiger partial charge in [-0.1, -0.05) is 97.2 Å². The number of anilines is 1. The minimum atomic E-state index is -0.246. The maximum Gasteiger partial charge on any atom is 0.258 e. The summed E-state index contributed by atoms with van der Waals surface area (Å²) in [5.41, 5.74) is 2.99. The van der Waals surface area contributed by atoms with Crippen LogP contribution < -0.4 is 10.6 Å². The zero-order chi connectivity index (χ0) is 25.2. The van der Waals surface area contributed by atoms with Gasteiger partial charge in [0.1, 0.15) is 0 Å². The molecule has 1 aliphatic rings. The van der Waals surface area contributed by atoms with Gasteiger partial charge >= 0.3 is 0 Å². The fourth-order valence-corrected chi connectivity index (χ4v) is 6.67. The van der Waals surface area contributed by atoms with E-state index in [0.29, 0.717) is 16.4 Å². The molecule has 0 aliphatic heterocycles. The Kier molecular flexibility index (Phi) is 10.2. The molecule has 0 radical (unpaired) electrons. The zero-order valence-electron chi connectivity index (χ0n) is 20.5. The van der Waals surface area contributed by atoms with Crippen LogP contribution in [0.25, 0.3) is 0 Å². The Morgan fingerprint density at radius 2 is 1.67 bits per heavy atom. The minimum absolute atomic E-state index is 0.0279. The lowest BCUT2D eigenvalue weighted by atomic mass is 9.97. The molecule has 2 amide bonds. The number of aromatic nitrogens is 2. The molecule has 1 aliphatic carbocycles. The summed E-state index contributed by atoms with van der Waals surface area (Å²) in [5.74, 6) is 0.870. The molecule has 6 nitrogen and oxygen atoms in total. The third-order valence-electron chi connectivity index (χ3n) is 6.07. The van der Waals surface area contributed by atoms with E-state index in [9.17, 15) is 9.59 Å². The quantitative estimate of drug-likeness (QED) is 0.232. The predicted octanol–water partition coefficient (Wildman–Crippen LogP) is 6.71. The molecule has 1 fully saturated rings. The van der Waals surface area contributed by atoms with E-state index >= 15 is 0 Å². The predicted molar refractivity (Wildman–Crippen MR) is 150 cm³/mol. The molecule has 0 bridgehead atoms. The van der Waals surface area contributed by atoms with Gasteiger partial charge in [-0.05, 0) is 37.5 Å². The van der Waals surface area contributed by atoms with Gasteiger partial charge < -0.3 is 5.32 Å². The van der Waals surface area contributed by atoms with Crippen LogP contribution in [-0.2, 0) is 10.5 Å². The van der Waals surface area contributed by atoms with Crippen LogP contribution in [0.2, 0.25) is 0 Å². The topological polar surface area (TPSA) is 84.0 Å². The van der Waals surface area contributed by atoms with Crippen LogP contribution in [0.4, 0.5) is 5.13 Å². The van der Waals surface area contributed by atoms with Gasteiger partial charge in [0.05, 0.1) is 11.3 Å². The van der Waals surface area contributed by atoms with Crippen molar-refractivity contribution in [3.8, 4) is 0 Å². The molecule has 0 atom stereocenters. The summed E-state index contributed by atoms with van der Waals surface area (Å²) in [4.78, 5) is 26.4. The molecular weight excluding hydrogens is 509 g/mol. The molecule has 36 heavy (non-hydrogen) atoms. The number of aryl methyl sites for hydroxylation is 1.